The van der Waals surface area contributed by atoms with Crippen LogP contribution in [0.25, 0.3) is 0 Å². The van der Waals surface area contributed by atoms with Crippen molar-refractivity contribution in [2.75, 3.05) is 19.8 Å². The third-order valence-corrected chi connectivity index (χ3v) is 2.73. The molecule has 0 aliphatic rings. The minimum Gasteiger partial charge on any atom is -0.492 e. The zero-order valence-corrected chi connectivity index (χ0v) is 10.9. The first-order valence-electron chi connectivity index (χ1n) is 6.08. The molecule has 100 valence electrons. The Hall–Kier alpha value is -1.55. The third-order valence-electron chi connectivity index (χ3n) is 2.73. The topological polar surface area (TPSA) is 55.8 Å². The van der Waals surface area contributed by atoms with Crippen molar-refractivity contribution in [3.05, 3.63) is 30.3 Å². The molecule has 0 aromatic heterocycles. The van der Waals surface area contributed by atoms with E-state index < -0.39 is 5.41 Å². The van der Waals surface area contributed by atoms with Gasteiger partial charge < -0.3 is 14.6 Å². The van der Waals surface area contributed by atoms with Gasteiger partial charge in [-0.15, -0.1) is 0 Å². The van der Waals surface area contributed by atoms with E-state index in [2.05, 4.69) is 0 Å². The summed E-state index contributed by atoms with van der Waals surface area (Å²) in [5.74, 6) is 0.362. The number of hydrogen-bond donors (Lipinski definition) is 1. The van der Waals surface area contributed by atoms with Crippen LogP contribution in [0.5, 0.6) is 5.75 Å². The number of carbonyl (C=O) groups excluding carboxylic acids is 1. The van der Waals surface area contributed by atoms with Crippen molar-refractivity contribution in [3.63, 3.8) is 0 Å². The second kappa shape index (κ2) is 7.01. The number of hydrogen-bond acceptors (Lipinski definition) is 4. The van der Waals surface area contributed by atoms with Crippen LogP contribution < -0.4 is 4.74 Å². The van der Waals surface area contributed by atoms with Gasteiger partial charge in [0, 0.05) is 6.61 Å². The quantitative estimate of drug-likeness (QED) is 0.754. The van der Waals surface area contributed by atoms with Gasteiger partial charge in [-0.2, -0.15) is 0 Å². The van der Waals surface area contributed by atoms with Crippen molar-refractivity contribution in [1.82, 2.24) is 0 Å². The fourth-order valence-electron chi connectivity index (χ4n) is 1.54. The number of aliphatic hydroxyl groups excluding tert-OH is 1. The first-order valence-corrected chi connectivity index (χ1v) is 6.08. The molecule has 0 fully saturated rings. The van der Waals surface area contributed by atoms with E-state index in [1.54, 1.807) is 13.8 Å². The lowest BCUT2D eigenvalue weighted by Crippen LogP contribution is -2.36. The minimum absolute atomic E-state index is 0.0759. The lowest BCUT2D eigenvalue weighted by atomic mass is 9.88. The highest BCUT2D eigenvalue weighted by Gasteiger charge is 2.35. The summed E-state index contributed by atoms with van der Waals surface area (Å²) >= 11 is 0. The molecule has 1 atom stereocenters. The summed E-state index contributed by atoms with van der Waals surface area (Å²) in [6.07, 6.45) is 0.318. The highest BCUT2D eigenvalue weighted by Crippen LogP contribution is 2.25. The lowest BCUT2D eigenvalue weighted by molar-refractivity contribution is -0.157. The molecule has 0 aliphatic carbocycles. The molecule has 0 saturated heterocycles. The van der Waals surface area contributed by atoms with E-state index in [0.717, 1.165) is 0 Å². The van der Waals surface area contributed by atoms with Gasteiger partial charge in [-0.1, -0.05) is 18.2 Å². The summed E-state index contributed by atoms with van der Waals surface area (Å²) < 4.78 is 10.6. The van der Waals surface area contributed by atoms with Gasteiger partial charge in [0.1, 0.15) is 17.8 Å². The fourth-order valence-corrected chi connectivity index (χ4v) is 1.54. The van der Waals surface area contributed by atoms with Crippen LogP contribution in [-0.4, -0.2) is 30.9 Å². The van der Waals surface area contributed by atoms with E-state index >= 15 is 0 Å². The minimum atomic E-state index is -0.819. The fraction of sp³-hybridized carbons (Fsp3) is 0.500. The van der Waals surface area contributed by atoms with E-state index in [1.165, 1.54) is 0 Å². The molecule has 0 radical (unpaired) electrons. The highest BCUT2D eigenvalue weighted by atomic mass is 16.5. The summed E-state index contributed by atoms with van der Waals surface area (Å²) in [6, 6.07) is 9.27. The average Bonchev–Trinajstić information content (AvgIpc) is 2.38. The van der Waals surface area contributed by atoms with Gasteiger partial charge in [0.05, 0.1) is 6.61 Å². The molecule has 18 heavy (non-hydrogen) atoms. The molecule has 0 saturated carbocycles. The van der Waals surface area contributed by atoms with Crippen LogP contribution >= 0.6 is 0 Å². The zero-order valence-electron chi connectivity index (χ0n) is 10.9. The number of ether oxygens (including phenoxy) is 2. The van der Waals surface area contributed by atoms with Crippen LogP contribution in [0.15, 0.2) is 30.3 Å². The SMILES string of the molecule is CCOC(=O)C(C)(CCO)COc1ccccc1. The monoisotopic (exact) mass is 252 g/mol. The molecule has 0 bridgehead atoms. The van der Waals surface area contributed by atoms with Crippen LogP contribution in [0.2, 0.25) is 0 Å². The predicted octanol–water partition coefficient (Wildman–Crippen LogP) is 2.02. The summed E-state index contributed by atoms with van der Waals surface area (Å²) in [6.45, 7) is 3.94. The molecular formula is C14H20O4. The van der Waals surface area contributed by atoms with Gasteiger partial charge in [-0.3, -0.25) is 4.79 Å². The third kappa shape index (κ3) is 4.04. The molecule has 1 rings (SSSR count). The Labute approximate surface area is 108 Å². The van der Waals surface area contributed by atoms with Crippen molar-refractivity contribution in [3.8, 4) is 5.75 Å². The largest absolute Gasteiger partial charge is 0.492 e. The number of para-hydroxylation sites is 1. The smallest absolute Gasteiger partial charge is 0.315 e. The van der Waals surface area contributed by atoms with Crippen LogP contribution in [0.4, 0.5) is 0 Å². The van der Waals surface area contributed by atoms with E-state index in [-0.39, 0.29) is 19.2 Å². The number of rotatable bonds is 7. The Bertz CT molecular complexity index is 363. The zero-order chi connectivity index (χ0) is 13.4. The van der Waals surface area contributed by atoms with Gasteiger partial charge in [-0.05, 0) is 32.4 Å². The predicted molar refractivity (Wildman–Crippen MR) is 68.4 cm³/mol. The van der Waals surface area contributed by atoms with Gasteiger partial charge in [0.15, 0.2) is 0 Å². The molecule has 0 amide bonds. The Morgan fingerprint density at radius 1 is 1.33 bits per heavy atom. The van der Waals surface area contributed by atoms with Crippen molar-refractivity contribution >= 4 is 5.97 Å². The summed E-state index contributed by atoms with van der Waals surface area (Å²) in [5.41, 5.74) is -0.819. The Morgan fingerprint density at radius 2 is 2.00 bits per heavy atom. The van der Waals surface area contributed by atoms with Crippen LogP contribution in [0.3, 0.4) is 0 Å². The first-order chi connectivity index (χ1) is 8.62. The summed E-state index contributed by atoms with van der Waals surface area (Å²) in [4.78, 5) is 11.9. The van der Waals surface area contributed by atoms with Gasteiger partial charge in [-0.25, -0.2) is 0 Å². The Morgan fingerprint density at radius 3 is 2.56 bits per heavy atom. The molecule has 4 heteroatoms. The molecule has 1 unspecified atom stereocenters. The molecular weight excluding hydrogens is 232 g/mol. The van der Waals surface area contributed by atoms with Crippen molar-refractivity contribution in [2.24, 2.45) is 5.41 Å². The molecule has 0 aliphatic heterocycles. The van der Waals surface area contributed by atoms with E-state index in [1.807, 2.05) is 30.3 Å². The van der Waals surface area contributed by atoms with E-state index in [4.69, 9.17) is 14.6 Å². The van der Waals surface area contributed by atoms with Gasteiger partial charge in [0.2, 0.25) is 0 Å². The van der Waals surface area contributed by atoms with Crippen LogP contribution in [0.1, 0.15) is 20.3 Å². The van der Waals surface area contributed by atoms with E-state index in [9.17, 15) is 4.79 Å². The van der Waals surface area contributed by atoms with Gasteiger partial charge >= 0.3 is 5.97 Å². The molecule has 1 N–H and O–H groups in total. The normalized spacial score (nSPS) is 13.7. The maximum Gasteiger partial charge on any atom is 0.315 e. The Balaban J connectivity index is 2.65. The molecule has 0 heterocycles. The number of benzene rings is 1. The lowest BCUT2D eigenvalue weighted by Gasteiger charge is -2.26. The Kier molecular flexibility index (Phi) is 5.65. The summed E-state index contributed by atoms with van der Waals surface area (Å²) in [5, 5.41) is 9.05. The van der Waals surface area contributed by atoms with Crippen LogP contribution in [0, 0.1) is 5.41 Å². The molecule has 0 spiro atoms. The van der Waals surface area contributed by atoms with Crippen molar-refractivity contribution < 1.29 is 19.4 Å². The maximum absolute atomic E-state index is 11.9. The standard InChI is InChI=1S/C14H20O4/c1-3-17-13(16)14(2,9-10-15)11-18-12-7-5-4-6-8-12/h4-8,15H,3,9-11H2,1-2H3. The van der Waals surface area contributed by atoms with Crippen molar-refractivity contribution in [2.45, 2.75) is 20.3 Å². The molecule has 4 nitrogen and oxygen atoms in total. The number of aliphatic hydroxyl groups is 1. The second-order valence-electron chi connectivity index (χ2n) is 4.36. The maximum atomic E-state index is 11.9. The summed E-state index contributed by atoms with van der Waals surface area (Å²) in [7, 11) is 0. The molecule has 1 aromatic rings. The molecule has 1 aromatic carbocycles. The van der Waals surface area contributed by atoms with Gasteiger partial charge in [0.25, 0.3) is 0 Å². The number of esters is 1. The van der Waals surface area contributed by atoms with E-state index in [0.29, 0.717) is 18.8 Å². The second-order valence-corrected chi connectivity index (χ2v) is 4.36. The first kappa shape index (κ1) is 14.5. The van der Waals surface area contributed by atoms with Crippen LogP contribution in [-0.2, 0) is 9.53 Å². The average molecular weight is 252 g/mol. The van der Waals surface area contributed by atoms with Crippen molar-refractivity contribution in [1.29, 1.82) is 0 Å². The number of carbonyl (C=O) groups is 1. The highest BCUT2D eigenvalue weighted by molar-refractivity contribution is 5.76.